The number of fused-ring (bicyclic) bond motifs is 1. The monoisotopic (exact) mass is 289 g/mol. The van der Waals surface area contributed by atoms with Gasteiger partial charge in [0.15, 0.2) is 0 Å². The van der Waals surface area contributed by atoms with Gasteiger partial charge in [-0.1, -0.05) is 6.07 Å². The molecule has 2 saturated heterocycles. The van der Waals surface area contributed by atoms with Crippen molar-refractivity contribution in [3.63, 3.8) is 0 Å². The number of piperidine rings is 1. The van der Waals surface area contributed by atoms with Crippen LogP contribution in [0.15, 0.2) is 24.5 Å². The summed E-state index contributed by atoms with van der Waals surface area (Å²) in [6.45, 7) is 5.03. The number of rotatable bonds is 5. The highest BCUT2D eigenvalue weighted by Crippen LogP contribution is 2.32. The molecule has 3 heterocycles. The van der Waals surface area contributed by atoms with Crippen LogP contribution in [0.25, 0.3) is 0 Å². The van der Waals surface area contributed by atoms with Gasteiger partial charge in [0, 0.05) is 52.2 Å². The fourth-order valence-corrected chi connectivity index (χ4v) is 3.50. The van der Waals surface area contributed by atoms with Crippen molar-refractivity contribution < 1.29 is 9.53 Å². The SMILES string of the molecule is COCCN1CC[C@H]2CN(Cc3cccnc3)C[C@@H]2C1=O. The summed E-state index contributed by atoms with van der Waals surface area (Å²) in [4.78, 5) is 21.1. The number of pyridine rings is 1. The number of hydrogen-bond acceptors (Lipinski definition) is 4. The minimum absolute atomic E-state index is 0.173. The third-order valence-electron chi connectivity index (χ3n) is 4.61. The number of aromatic nitrogens is 1. The number of methoxy groups -OCH3 is 1. The molecule has 0 radical (unpaired) electrons. The van der Waals surface area contributed by atoms with Crippen molar-refractivity contribution in [2.75, 3.05) is 39.9 Å². The third-order valence-corrected chi connectivity index (χ3v) is 4.61. The maximum Gasteiger partial charge on any atom is 0.227 e. The molecule has 1 aromatic rings. The first-order chi connectivity index (χ1) is 10.3. The lowest BCUT2D eigenvalue weighted by atomic mass is 9.88. The second-order valence-corrected chi connectivity index (χ2v) is 6.03. The summed E-state index contributed by atoms with van der Waals surface area (Å²) in [7, 11) is 1.68. The van der Waals surface area contributed by atoms with E-state index in [1.54, 1.807) is 13.3 Å². The van der Waals surface area contributed by atoms with E-state index in [1.807, 2.05) is 17.2 Å². The Balaban J connectivity index is 1.59. The highest BCUT2D eigenvalue weighted by atomic mass is 16.5. The van der Waals surface area contributed by atoms with Crippen LogP contribution < -0.4 is 0 Å². The Morgan fingerprint density at radius 2 is 2.33 bits per heavy atom. The van der Waals surface area contributed by atoms with Crippen molar-refractivity contribution in [3.05, 3.63) is 30.1 Å². The molecule has 0 bridgehead atoms. The molecular formula is C16H23N3O2. The molecule has 5 nitrogen and oxygen atoms in total. The molecule has 114 valence electrons. The number of amides is 1. The van der Waals surface area contributed by atoms with E-state index >= 15 is 0 Å². The van der Waals surface area contributed by atoms with Crippen molar-refractivity contribution >= 4 is 5.91 Å². The molecule has 0 spiro atoms. The quantitative estimate of drug-likeness (QED) is 0.811. The van der Waals surface area contributed by atoms with Crippen LogP contribution in [0, 0.1) is 11.8 Å². The number of ether oxygens (including phenoxy) is 1. The van der Waals surface area contributed by atoms with E-state index < -0.39 is 0 Å². The fourth-order valence-electron chi connectivity index (χ4n) is 3.50. The molecular weight excluding hydrogens is 266 g/mol. The molecule has 0 aromatic carbocycles. The Morgan fingerprint density at radius 3 is 3.10 bits per heavy atom. The van der Waals surface area contributed by atoms with Crippen molar-refractivity contribution in [1.29, 1.82) is 0 Å². The van der Waals surface area contributed by atoms with E-state index in [0.717, 1.165) is 39.1 Å². The lowest BCUT2D eigenvalue weighted by Crippen LogP contribution is -2.46. The molecule has 2 aliphatic rings. The smallest absolute Gasteiger partial charge is 0.227 e. The molecule has 0 unspecified atom stereocenters. The minimum atomic E-state index is 0.173. The Kier molecular flexibility index (Phi) is 4.51. The van der Waals surface area contributed by atoms with Crippen LogP contribution in [0.5, 0.6) is 0 Å². The Hall–Kier alpha value is -1.46. The van der Waals surface area contributed by atoms with E-state index in [9.17, 15) is 4.79 Å². The molecule has 5 heteroatoms. The number of likely N-dealkylation sites (tertiary alicyclic amines) is 2. The van der Waals surface area contributed by atoms with E-state index in [4.69, 9.17) is 4.74 Å². The third kappa shape index (κ3) is 3.24. The predicted molar refractivity (Wildman–Crippen MR) is 79.6 cm³/mol. The first-order valence-corrected chi connectivity index (χ1v) is 7.67. The van der Waals surface area contributed by atoms with E-state index in [-0.39, 0.29) is 5.92 Å². The van der Waals surface area contributed by atoms with Gasteiger partial charge in [-0.15, -0.1) is 0 Å². The van der Waals surface area contributed by atoms with Gasteiger partial charge in [0.1, 0.15) is 0 Å². The number of carbonyl (C=O) groups is 1. The van der Waals surface area contributed by atoms with Crippen LogP contribution in [0.3, 0.4) is 0 Å². The molecule has 1 amide bonds. The van der Waals surface area contributed by atoms with Gasteiger partial charge >= 0.3 is 0 Å². The largest absolute Gasteiger partial charge is 0.383 e. The molecule has 2 atom stereocenters. The Labute approximate surface area is 125 Å². The first-order valence-electron chi connectivity index (χ1n) is 7.67. The van der Waals surface area contributed by atoms with Crippen LogP contribution >= 0.6 is 0 Å². The first kappa shape index (κ1) is 14.5. The maximum atomic E-state index is 12.5. The molecule has 21 heavy (non-hydrogen) atoms. The van der Waals surface area contributed by atoms with E-state index in [1.165, 1.54) is 5.56 Å². The fraction of sp³-hybridized carbons (Fsp3) is 0.625. The zero-order chi connectivity index (χ0) is 14.7. The Bertz CT molecular complexity index is 480. The Morgan fingerprint density at radius 1 is 1.43 bits per heavy atom. The highest BCUT2D eigenvalue weighted by Gasteiger charge is 2.42. The summed E-state index contributed by atoms with van der Waals surface area (Å²) >= 11 is 0. The summed E-state index contributed by atoms with van der Waals surface area (Å²) in [5.74, 6) is 1.01. The van der Waals surface area contributed by atoms with Crippen molar-refractivity contribution in [2.24, 2.45) is 11.8 Å². The average Bonchev–Trinajstić information content (AvgIpc) is 2.91. The average molecular weight is 289 g/mol. The number of hydrogen-bond donors (Lipinski definition) is 0. The summed E-state index contributed by atoms with van der Waals surface area (Å²) in [6, 6.07) is 4.07. The van der Waals surface area contributed by atoms with Gasteiger partial charge in [-0.3, -0.25) is 14.7 Å². The van der Waals surface area contributed by atoms with Crippen LogP contribution in [-0.2, 0) is 16.1 Å². The molecule has 1 aromatic heterocycles. The molecule has 3 rings (SSSR count). The second-order valence-electron chi connectivity index (χ2n) is 6.03. The molecule has 0 saturated carbocycles. The number of carbonyl (C=O) groups excluding carboxylic acids is 1. The zero-order valence-electron chi connectivity index (χ0n) is 12.6. The summed E-state index contributed by atoms with van der Waals surface area (Å²) in [5.41, 5.74) is 1.22. The van der Waals surface area contributed by atoms with Gasteiger partial charge in [-0.25, -0.2) is 0 Å². The van der Waals surface area contributed by atoms with E-state index in [2.05, 4.69) is 16.0 Å². The van der Waals surface area contributed by atoms with Crippen LogP contribution in [0.4, 0.5) is 0 Å². The van der Waals surface area contributed by atoms with Gasteiger partial charge in [-0.05, 0) is 24.0 Å². The predicted octanol–water partition coefficient (Wildman–Crippen LogP) is 1.01. The van der Waals surface area contributed by atoms with Gasteiger partial charge in [0.25, 0.3) is 0 Å². The van der Waals surface area contributed by atoms with E-state index in [0.29, 0.717) is 18.4 Å². The lowest BCUT2D eigenvalue weighted by molar-refractivity contribution is -0.140. The molecule has 2 fully saturated rings. The summed E-state index contributed by atoms with van der Waals surface area (Å²) in [5, 5.41) is 0. The van der Waals surface area contributed by atoms with Crippen molar-refractivity contribution in [2.45, 2.75) is 13.0 Å². The topological polar surface area (TPSA) is 45.7 Å². The van der Waals surface area contributed by atoms with Crippen LogP contribution in [0.1, 0.15) is 12.0 Å². The summed E-state index contributed by atoms with van der Waals surface area (Å²) < 4.78 is 5.09. The zero-order valence-corrected chi connectivity index (χ0v) is 12.6. The molecule has 0 N–H and O–H groups in total. The van der Waals surface area contributed by atoms with Gasteiger partial charge in [-0.2, -0.15) is 0 Å². The molecule has 0 aliphatic carbocycles. The van der Waals surface area contributed by atoms with Crippen molar-refractivity contribution in [1.82, 2.24) is 14.8 Å². The maximum absolute atomic E-state index is 12.5. The van der Waals surface area contributed by atoms with Gasteiger partial charge < -0.3 is 9.64 Å². The van der Waals surface area contributed by atoms with Gasteiger partial charge in [0.2, 0.25) is 5.91 Å². The minimum Gasteiger partial charge on any atom is -0.383 e. The van der Waals surface area contributed by atoms with Gasteiger partial charge in [0.05, 0.1) is 12.5 Å². The van der Waals surface area contributed by atoms with Crippen LogP contribution in [0.2, 0.25) is 0 Å². The van der Waals surface area contributed by atoms with Crippen LogP contribution in [-0.4, -0.2) is 60.6 Å². The molecule has 2 aliphatic heterocycles. The standard InChI is InChI=1S/C16H23N3O2/c1-21-8-7-19-6-4-14-11-18(12-15(14)16(19)20)10-13-3-2-5-17-9-13/h2-3,5,9,14-15H,4,6-8,10-12H2,1H3/t14-,15-/m0/s1. The summed E-state index contributed by atoms with van der Waals surface area (Å²) in [6.07, 6.45) is 4.82. The lowest BCUT2D eigenvalue weighted by Gasteiger charge is -2.33. The van der Waals surface area contributed by atoms with Crippen molar-refractivity contribution in [3.8, 4) is 0 Å². The second kappa shape index (κ2) is 6.54. The normalized spacial score (nSPS) is 26.1. The highest BCUT2D eigenvalue weighted by molar-refractivity contribution is 5.80. The number of nitrogens with zero attached hydrogens (tertiary/aromatic N) is 3.